The van der Waals surface area contributed by atoms with Crippen molar-refractivity contribution in [1.29, 1.82) is 0 Å². The minimum atomic E-state index is -0.648. The molecule has 0 aliphatic carbocycles. The van der Waals surface area contributed by atoms with E-state index in [9.17, 15) is 9.59 Å². The van der Waals surface area contributed by atoms with Crippen LogP contribution in [0.25, 0.3) is 0 Å². The molecular weight excluding hydrogens is 340 g/mol. The fraction of sp³-hybridized carbons (Fsp3) is 0.364. The summed E-state index contributed by atoms with van der Waals surface area (Å²) in [7, 11) is 0. The van der Waals surface area contributed by atoms with Gasteiger partial charge in [-0.2, -0.15) is 0 Å². The molecule has 142 valence electrons. The van der Waals surface area contributed by atoms with Crippen molar-refractivity contribution in [2.75, 3.05) is 18.4 Å². The van der Waals surface area contributed by atoms with Crippen LogP contribution in [-0.2, 0) is 4.79 Å². The average molecular weight is 366 g/mol. The van der Waals surface area contributed by atoms with E-state index in [-0.39, 0.29) is 11.8 Å². The van der Waals surface area contributed by atoms with Gasteiger partial charge >= 0.3 is 0 Å². The molecule has 0 saturated carbocycles. The summed E-state index contributed by atoms with van der Waals surface area (Å²) >= 11 is 0. The number of ether oxygens (including phenoxy) is 1. The molecule has 0 spiro atoms. The van der Waals surface area contributed by atoms with Gasteiger partial charge < -0.3 is 15.0 Å². The molecule has 5 nitrogen and oxygen atoms in total. The Kier molecular flexibility index (Phi) is 5.79. The van der Waals surface area contributed by atoms with Crippen molar-refractivity contribution < 1.29 is 14.3 Å². The van der Waals surface area contributed by atoms with Crippen LogP contribution in [-0.4, -0.2) is 35.9 Å². The highest BCUT2D eigenvalue weighted by Gasteiger charge is 2.23. The molecule has 27 heavy (non-hydrogen) atoms. The van der Waals surface area contributed by atoms with E-state index in [4.69, 9.17) is 4.74 Å². The topological polar surface area (TPSA) is 58.6 Å². The van der Waals surface area contributed by atoms with E-state index in [1.165, 1.54) is 0 Å². The molecule has 2 aromatic carbocycles. The van der Waals surface area contributed by atoms with Crippen molar-refractivity contribution in [2.24, 2.45) is 0 Å². The maximum Gasteiger partial charge on any atom is 0.265 e. The molecule has 2 aromatic rings. The molecule has 1 N–H and O–H groups in total. The summed E-state index contributed by atoms with van der Waals surface area (Å²) in [5, 5.41) is 2.89. The van der Waals surface area contributed by atoms with E-state index in [1.54, 1.807) is 13.0 Å². The first-order valence-electron chi connectivity index (χ1n) is 9.39. The highest BCUT2D eigenvalue weighted by atomic mass is 16.5. The number of benzene rings is 2. The molecule has 0 bridgehead atoms. The van der Waals surface area contributed by atoms with Crippen molar-refractivity contribution in [3.63, 3.8) is 0 Å². The number of amides is 2. The smallest absolute Gasteiger partial charge is 0.265 e. The lowest BCUT2D eigenvalue weighted by molar-refractivity contribution is -0.122. The fourth-order valence-electron chi connectivity index (χ4n) is 3.20. The Hall–Kier alpha value is -2.82. The first-order valence-corrected chi connectivity index (χ1v) is 9.39. The Bertz CT molecular complexity index is 824. The van der Waals surface area contributed by atoms with E-state index in [2.05, 4.69) is 5.32 Å². The van der Waals surface area contributed by atoms with Crippen molar-refractivity contribution >= 4 is 17.5 Å². The fourth-order valence-corrected chi connectivity index (χ4v) is 3.20. The van der Waals surface area contributed by atoms with Gasteiger partial charge in [0.2, 0.25) is 0 Å². The largest absolute Gasteiger partial charge is 0.481 e. The van der Waals surface area contributed by atoms with Gasteiger partial charge in [0.15, 0.2) is 6.10 Å². The van der Waals surface area contributed by atoms with Crippen molar-refractivity contribution in [3.8, 4) is 5.75 Å². The molecule has 1 saturated heterocycles. The van der Waals surface area contributed by atoms with Gasteiger partial charge in [-0.05, 0) is 63.4 Å². The van der Waals surface area contributed by atoms with Gasteiger partial charge in [0.25, 0.3) is 11.8 Å². The second-order valence-electron chi connectivity index (χ2n) is 7.04. The third-order valence-electron chi connectivity index (χ3n) is 4.92. The van der Waals surface area contributed by atoms with Gasteiger partial charge in [-0.25, -0.2) is 0 Å². The molecule has 1 heterocycles. The summed E-state index contributed by atoms with van der Waals surface area (Å²) in [5.74, 6) is 0.437. The zero-order chi connectivity index (χ0) is 19.4. The van der Waals surface area contributed by atoms with E-state index < -0.39 is 6.10 Å². The third-order valence-corrected chi connectivity index (χ3v) is 4.92. The van der Waals surface area contributed by atoms with E-state index in [0.29, 0.717) is 17.0 Å². The minimum absolute atomic E-state index is 0.0325. The number of nitrogens with one attached hydrogen (secondary N) is 1. The summed E-state index contributed by atoms with van der Waals surface area (Å²) in [6.45, 7) is 7.18. The van der Waals surface area contributed by atoms with Gasteiger partial charge in [0, 0.05) is 24.3 Å². The maximum atomic E-state index is 12.7. The van der Waals surface area contributed by atoms with Crippen LogP contribution < -0.4 is 10.1 Å². The van der Waals surface area contributed by atoms with Crippen LogP contribution in [0.2, 0.25) is 0 Å². The quantitative estimate of drug-likeness (QED) is 0.872. The monoisotopic (exact) mass is 366 g/mol. The number of carbonyl (C=O) groups is 2. The Balaban J connectivity index is 1.69. The molecule has 1 unspecified atom stereocenters. The highest BCUT2D eigenvalue weighted by molar-refractivity contribution is 6.00. The molecule has 1 fully saturated rings. The van der Waals surface area contributed by atoms with E-state index in [1.807, 2.05) is 55.1 Å². The summed E-state index contributed by atoms with van der Waals surface area (Å²) in [4.78, 5) is 27.1. The van der Waals surface area contributed by atoms with Crippen molar-refractivity contribution in [2.45, 2.75) is 39.7 Å². The maximum absolute atomic E-state index is 12.7. The van der Waals surface area contributed by atoms with Gasteiger partial charge in [-0.3, -0.25) is 9.59 Å². The number of nitrogens with zero attached hydrogens (tertiary/aromatic N) is 1. The van der Waals surface area contributed by atoms with Crippen LogP contribution in [0.15, 0.2) is 42.5 Å². The standard InChI is InChI=1S/C22H26N2O3/c1-15-9-11-18(12-10-15)27-17(3)21(25)23-20-8-6-7-19(16(20)2)22(26)24-13-4-5-14-24/h6-12,17H,4-5,13-14H2,1-3H3,(H,23,25). The number of aryl methyl sites for hydroxylation is 1. The van der Waals surface area contributed by atoms with Crippen LogP contribution >= 0.6 is 0 Å². The Morgan fingerprint density at radius 2 is 1.70 bits per heavy atom. The molecule has 3 rings (SSSR count). The highest BCUT2D eigenvalue weighted by Crippen LogP contribution is 2.23. The SMILES string of the molecule is Cc1ccc(OC(C)C(=O)Nc2cccc(C(=O)N3CCCC3)c2C)cc1. The second-order valence-corrected chi connectivity index (χ2v) is 7.04. The Labute approximate surface area is 160 Å². The molecule has 1 aliphatic rings. The number of anilines is 1. The summed E-state index contributed by atoms with van der Waals surface area (Å²) in [5.41, 5.74) is 3.20. The van der Waals surface area contributed by atoms with Crippen LogP contribution in [0.4, 0.5) is 5.69 Å². The molecular formula is C22H26N2O3. The summed E-state index contributed by atoms with van der Waals surface area (Å²) in [6, 6.07) is 13.0. The van der Waals surface area contributed by atoms with Crippen LogP contribution in [0, 0.1) is 13.8 Å². The van der Waals surface area contributed by atoms with Crippen LogP contribution in [0.3, 0.4) is 0 Å². The first-order chi connectivity index (χ1) is 13.0. The molecule has 5 heteroatoms. The van der Waals surface area contributed by atoms with Crippen molar-refractivity contribution in [1.82, 2.24) is 4.90 Å². The zero-order valence-electron chi connectivity index (χ0n) is 16.1. The van der Waals surface area contributed by atoms with E-state index >= 15 is 0 Å². The van der Waals surface area contributed by atoms with E-state index in [0.717, 1.165) is 37.1 Å². The Morgan fingerprint density at radius 1 is 1.04 bits per heavy atom. The normalized spacial score (nSPS) is 14.7. The summed E-state index contributed by atoms with van der Waals surface area (Å²) < 4.78 is 5.71. The number of rotatable bonds is 5. The predicted octanol–water partition coefficient (Wildman–Crippen LogP) is 3.95. The lowest BCUT2D eigenvalue weighted by atomic mass is 10.1. The third kappa shape index (κ3) is 4.48. The van der Waals surface area contributed by atoms with Crippen LogP contribution in [0.5, 0.6) is 5.75 Å². The lowest BCUT2D eigenvalue weighted by Crippen LogP contribution is -2.31. The van der Waals surface area contributed by atoms with Gasteiger partial charge in [-0.15, -0.1) is 0 Å². The van der Waals surface area contributed by atoms with Gasteiger partial charge in [0.1, 0.15) is 5.75 Å². The van der Waals surface area contributed by atoms with Gasteiger partial charge in [-0.1, -0.05) is 23.8 Å². The molecule has 1 aliphatic heterocycles. The second kappa shape index (κ2) is 8.25. The summed E-state index contributed by atoms with van der Waals surface area (Å²) in [6.07, 6.45) is 1.45. The lowest BCUT2D eigenvalue weighted by Gasteiger charge is -2.19. The Morgan fingerprint density at radius 3 is 2.37 bits per heavy atom. The number of likely N-dealkylation sites (tertiary alicyclic amines) is 1. The zero-order valence-corrected chi connectivity index (χ0v) is 16.1. The minimum Gasteiger partial charge on any atom is -0.481 e. The average Bonchev–Trinajstić information content (AvgIpc) is 3.19. The molecule has 0 radical (unpaired) electrons. The number of carbonyl (C=O) groups excluding carboxylic acids is 2. The number of hydrogen-bond donors (Lipinski definition) is 1. The predicted molar refractivity (Wildman–Crippen MR) is 106 cm³/mol. The first kappa shape index (κ1) is 19.0. The molecule has 2 amide bonds. The van der Waals surface area contributed by atoms with Crippen LogP contribution in [0.1, 0.15) is 41.3 Å². The molecule has 0 aromatic heterocycles. The molecule has 1 atom stereocenters. The van der Waals surface area contributed by atoms with Crippen molar-refractivity contribution in [3.05, 3.63) is 59.2 Å². The number of hydrogen-bond acceptors (Lipinski definition) is 3. The van der Waals surface area contributed by atoms with Gasteiger partial charge in [0.05, 0.1) is 0 Å².